The van der Waals surface area contributed by atoms with Crippen molar-refractivity contribution in [3.8, 4) is 11.3 Å². The van der Waals surface area contributed by atoms with Crippen molar-refractivity contribution in [1.29, 1.82) is 0 Å². The van der Waals surface area contributed by atoms with Crippen molar-refractivity contribution < 1.29 is 4.79 Å². The Morgan fingerprint density at radius 3 is 2.44 bits per heavy atom. The van der Waals surface area contributed by atoms with E-state index in [2.05, 4.69) is 74.9 Å². The third kappa shape index (κ3) is 5.38. The van der Waals surface area contributed by atoms with Crippen LogP contribution in [0.15, 0.2) is 95.6 Å². The first-order valence-electron chi connectivity index (χ1n) is 14.5. The molecule has 5 aromatic rings. The Morgan fingerprint density at radius 2 is 1.63 bits per heavy atom. The molecule has 41 heavy (non-hydrogen) atoms. The summed E-state index contributed by atoms with van der Waals surface area (Å²) in [6.07, 6.45) is 6.78. The molecule has 6 nitrogen and oxygen atoms in total. The lowest BCUT2D eigenvalue weighted by Crippen LogP contribution is -2.42. The van der Waals surface area contributed by atoms with Crippen molar-refractivity contribution in [3.63, 3.8) is 0 Å². The second-order valence-electron chi connectivity index (χ2n) is 11.1. The monoisotopic (exact) mass is 605 g/mol. The third-order valence-corrected chi connectivity index (χ3v) is 8.86. The molecule has 2 aliphatic rings. The smallest absolute Gasteiger partial charge is 0.254 e. The van der Waals surface area contributed by atoms with Crippen LogP contribution in [0.4, 0.5) is 5.82 Å². The largest absolute Gasteiger partial charge is 0.367 e. The Balaban J connectivity index is 1.08. The zero-order valence-electron chi connectivity index (χ0n) is 22.8. The molecule has 206 valence electrons. The second kappa shape index (κ2) is 11.1. The Labute approximate surface area is 248 Å². The zero-order chi connectivity index (χ0) is 27.8. The predicted octanol–water partition coefficient (Wildman–Crippen LogP) is 7.34. The van der Waals surface area contributed by atoms with Crippen LogP contribution in [0.5, 0.6) is 0 Å². The van der Waals surface area contributed by atoms with Gasteiger partial charge in [-0.15, -0.1) is 0 Å². The maximum Gasteiger partial charge on any atom is 0.254 e. The average Bonchev–Trinajstić information content (AvgIpc) is 3.80. The van der Waals surface area contributed by atoms with Gasteiger partial charge in [0.25, 0.3) is 5.91 Å². The van der Waals surface area contributed by atoms with Gasteiger partial charge in [0.15, 0.2) is 5.65 Å². The summed E-state index contributed by atoms with van der Waals surface area (Å²) in [5, 5.41) is 8.35. The summed E-state index contributed by atoms with van der Waals surface area (Å²) in [6, 6.07) is 29.4. The molecule has 0 spiro atoms. The Kier molecular flexibility index (Phi) is 7.05. The minimum absolute atomic E-state index is 0.122. The van der Waals surface area contributed by atoms with Gasteiger partial charge in [-0.25, -0.2) is 4.98 Å². The average molecular weight is 607 g/mol. The number of hydrogen-bond donors (Lipinski definition) is 1. The molecule has 2 fully saturated rings. The fourth-order valence-corrected chi connectivity index (χ4v) is 6.31. The number of anilines is 1. The van der Waals surface area contributed by atoms with Crippen molar-refractivity contribution in [2.24, 2.45) is 0 Å². The Bertz CT molecular complexity index is 1700. The topological polar surface area (TPSA) is 62.5 Å². The number of nitrogens with zero attached hydrogens (tertiary/aromatic N) is 4. The van der Waals surface area contributed by atoms with E-state index in [-0.39, 0.29) is 11.9 Å². The number of fused-ring (bicyclic) bond motifs is 1. The second-order valence-corrected chi connectivity index (χ2v) is 12.0. The van der Waals surface area contributed by atoms with Crippen LogP contribution in [0.25, 0.3) is 16.9 Å². The molecule has 3 heterocycles. The van der Waals surface area contributed by atoms with E-state index in [9.17, 15) is 4.79 Å². The molecular formula is C34H32BrN5O. The Hall–Kier alpha value is -3.97. The molecule has 0 radical (unpaired) electrons. The number of nitrogens with one attached hydrogen (secondary N) is 1. The van der Waals surface area contributed by atoms with Crippen LogP contribution in [0.2, 0.25) is 0 Å². The summed E-state index contributed by atoms with van der Waals surface area (Å²) < 4.78 is 2.76. The van der Waals surface area contributed by atoms with Crippen LogP contribution in [0.3, 0.4) is 0 Å². The summed E-state index contributed by atoms with van der Waals surface area (Å²) in [5.74, 6) is 1.68. The van der Waals surface area contributed by atoms with E-state index >= 15 is 0 Å². The number of hydrogen-bond acceptors (Lipinski definition) is 4. The van der Waals surface area contributed by atoms with Gasteiger partial charge in [0, 0.05) is 36.3 Å². The van der Waals surface area contributed by atoms with Gasteiger partial charge in [0.2, 0.25) is 0 Å². The first kappa shape index (κ1) is 26.0. The normalized spacial score (nSPS) is 15.8. The number of likely N-dealkylation sites (tertiary alicyclic amines) is 1. The van der Waals surface area contributed by atoms with Gasteiger partial charge in [0.05, 0.1) is 16.4 Å². The highest BCUT2D eigenvalue weighted by molar-refractivity contribution is 9.10. The van der Waals surface area contributed by atoms with Gasteiger partial charge in [-0.3, -0.25) is 4.79 Å². The van der Waals surface area contributed by atoms with E-state index in [0.717, 1.165) is 52.0 Å². The summed E-state index contributed by atoms with van der Waals surface area (Å²) in [7, 11) is 0. The third-order valence-electron chi connectivity index (χ3n) is 8.30. The van der Waals surface area contributed by atoms with E-state index in [0.29, 0.717) is 19.0 Å². The highest BCUT2D eigenvalue weighted by atomic mass is 79.9. The minimum Gasteiger partial charge on any atom is -0.367 e. The van der Waals surface area contributed by atoms with Gasteiger partial charge in [-0.05, 0) is 76.7 Å². The first-order valence-corrected chi connectivity index (χ1v) is 15.2. The van der Waals surface area contributed by atoms with Gasteiger partial charge in [-0.1, -0.05) is 72.8 Å². The number of amides is 1. The van der Waals surface area contributed by atoms with Crippen LogP contribution >= 0.6 is 15.9 Å². The van der Waals surface area contributed by atoms with Crippen molar-refractivity contribution in [2.75, 3.05) is 18.4 Å². The number of rotatable bonds is 7. The molecule has 1 saturated carbocycles. The highest BCUT2D eigenvalue weighted by Gasteiger charge is 2.28. The zero-order valence-corrected chi connectivity index (χ0v) is 24.4. The van der Waals surface area contributed by atoms with Crippen LogP contribution in [0, 0.1) is 0 Å². The van der Waals surface area contributed by atoms with Crippen LogP contribution < -0.4 is 5.32 Å². The van der Waals surface area contributed by atoms with Gasteiger partial charge >= 0.3 is 0 Å². The Morgan fingerprint density at radius 1 is 0.902 bits per heavy atom. The molecule has 2 aromatic heterocycles. The lowest BCUT2D eigenvalue weighted by molar-refractivity contribution is 0.0717. The SMILES string of the molecule is O=C(c1ccccc1Cc1ccccc1)N1CCC(Nc2cc(-c3ccccc3C3CC3)nc3c(Br)cnn23)CC1. The number of carbonyl (C=O) groups is 1. The predicted molar refractivity (Wildman–Crippen MR) is 166 cm³/mol. The van der Waals surface area contributed by atoms with E-state index in [1.165, 1.54) is 29.5 Å². The lowest BCUT2D eigenvalue weighted by atomic mass is 9.97. The maximum absolute atomic E-state index is 13.6. The van der Waals surface area contributed by atoms with Crippen LogP contribution in [-0.2, 0) is 6.42 Å². The summed E-state index contributed by atoms with van der Waals surface area (Å²) in [5.41, 5.74) is 7.44. The molecule has 1 N–H and O–H groups in total. The fraction of sp³-hybridized carbons (Fsp3) is 0.265. The molecule has 3 aromatic carbocycles. The van der Waals surface area contributed by atoms with Crippen molar-refractivity contribution in [3.05, 3.63) is 118 Å². The number of piperidine rings is 1. The van der Waals surface area contributed by atoms with Gasteiger partial charge < -0.3 is 10.2 Å². The number of aromatic nitrogens is 3. The molecule has 1 aliphatic heterocycles. The molecule has 1 saturated heterocycles. The van der Waals surface area contributed by atoms with E-state index < -0.39 is 0 Å². The molecule has 1 aliphatic carbocycles. The van der Waals surface area contributed by atoms with Gasteiger partial charge in [-0.2, -0.15) is 9.61 Å². The molecular weight excluding hydrogens is 574 g/mol. The van der Waals surface area contributed by atoms with Crippen molar-refractivity contribution >= 4 is 33.3 Å². The van der Waals surface area contributed by atoms with Crippen molar-refractivity contribution in [1.82, 2.24) is 19.5 Å². The van der Waals surface area contributed by atoms with Gasteiger partial charge in [0.1, 0.15) is 5.82 Å². The van der Waals surface area contributed by atoms with E-state index in [1.54, 1.807) is 6.20 Å². The molecule has 7 rings (SSSR count). The molecule has 7 heteroatoms. The molecule has 0 unspecified atom stereocenters. The quantitative estimate of drug-likeness (QED) is 0.211. The molecule has 0 bridgehead atoms. The maximum atomic E-state index is 13.6. The minimum atomic E-state index is 0.122. The summed E-state index contributed by atoms with van der Waals surface area (Å²) in [4.78, 5) is 20.6. The number of benzene rings is 3. The highest BCUT2D eigenvalue weighted by Crippen LogP contribution is 2.44. The van der Waals surface area contributed by atoms with E-state index in [1.807, 2.05) is 45.8 Å². The lowest BCUT2D eigenvalue weighted by Gasteiger charge is -2.33. The molecule has 1 amide bonds. The standard InChI is InChI=1S/C34H32BrN5O/c35-30-22-36-40-32(21-31(38-33(30)40)29-13-7-6-11-27(29)24-14-15-24)37-26-16-18-39(19-17-26)34(41)28-12-5-4-10-25(28)20-23-8-2-1-3-9-23/h1-13,21-22,24,26,37H,14-20H2. The summed E-state index contributed by atoms with van der Waals surface area (Å²) in [6.45, 7) is 1.43. The number of halogens is 1. The molecule has 0 atom stereocenters. The summed E-state index contributed by atoms with van der Waals surface area (Å²) >= 11 is 3.65. The first-order chi connectivity index (χ1) is 20.1. The van der Waals surface area contributed by atoms with Crippen LogP contribution in [-0.4, -0.2) is 44.5 Å². The van der Waals surface area contributed by atoms with E-state index in [4.69, 9.17) is 4.98 Å². The number of carbonyl (C=O) groups excluding carboxylic acids is 1. The van der Waals surface area contributed by atoms with Crippen molar-refractivity contribution in [2.45, 2.75) is 44.1 Å². The van der Waals surface area contributed by atoms with Crippen LogP contribution in [0.1, 0.15) is 58.6 Å². The fourth-order valence-electron chi connectivity index (χ4n) is 5.96.